The molecule has 2 heterocycles. The van der Waals surface area contributed by atoms with Crippen LogP contribution >= 0.6 is 0 Å². The van der Waals surface area contributed by atoms with Crippen LogP contribution in [0.5, 0.6) is 0 Å². The van der Waals surface area contributed by atoms with Crippen LogP contribution in [0.15, 0.2) is 24.3 Å². The van der Waals surface area contributed by atoms with Gasteiger partial charge in [-0.2, -0.15) is 0 Å². The molecule has 24 heavy (non-hydrogen) atoms. The highest BCUT2D eigenvalue weighted by molar-refractivity contribution is 6.52. The average molecular weight is 332 g/mol. The molecule has 0 bridgehead atoms. The highest BCUT2D eigenvalue weighted by atomic mass is 16.5. The molecule has 2 N–H and O–H groups in total. The third kappa shape index (κ3) is 2.76. The molecule has 2 aliphatic rings. The maximum atomic E-state index is 12.3. The van der Waals surface area contributed by atoms with Crippen molar-refractivity contribution in [1.29, 1.82) is 0 Å². The van der Waals surface area contributed by atoms with Gasteiger partial charge in [0.05, 0.1) is 31.5 Å². The lowest BCUT2D eigenvalue weighted by atomic mass is 10.1. The van der Waals surface area contributed by atoms with Gasteiger partial charge in [-0.3, -0.25) is 24.1 Å². The Hall–Kier alpha value is -2.74. The molecule has 126 valence electrons. The number of hydrogen-bond donors (Lipinski definition) is 2. The number of carbonyl (C=O) groups is 4. The number of piperazine rings is 1. The fourth-order valence-corrected chi connectivity index (χ4v) is 3.11. The lowest BCUT2D eigenvalue weighted by Gasteiger charge is -2.33. The number of hydrogen-bond acceptors (Lipinski definition) is 5. The number of rotatable bonds is 4. The Morgan fingerprint density at radius 2 is 2.08 bits per heavy atom. The standard InChI is InChI=1S/C16H17N3O5/c1-24-13(20)8-12-15(22)17-6-7-18(12)9-19-11-5-3-2-4-10(11)14(21)16(19)23/h2-5,12H,6-9H2,1H3,(H,17,22)/p+1/t12-/m1/s1. The van der Waals surface area contributed by atoms with Crippen molar-refractivity contribution in [3.05, 3.63) is 29.8 Å². The molecule has 8 nitrogen and oxygen atoms in total. The molecule has 0 aliphatic carbocycles. The highest BCUT2D eigenvalue weighted by Gasteiger charge is 2.42. The highest BCUT2D eigenvalue weighted by Crippen LogP contribution is 2.27. The maximum absolute atomic E-state index is 12.3. The van der Waals surface area contributed by atoms with Crippen LogP contribution < -0.4 is 15.1 Å². The largest absolute Gasteiger partial charge is 0.469 e. The summed E-state index contributed by atoms with van der Waals surface area (Å²) in [6.07, 6.45) is -0.0741. The third-order valence-corrected chi connectivity index (χ3v) is 4.39. The van der Waals surface area contributed by atoms with Crippen molar-refractivity contribution in [2.45, 2.75) is 12.5 Å². The van der Waals surface area contributed by atoms with Crippen LogP contribution in [0.3, 0.4) is 0 Å². The zero-order valence-electron chi connectivity index (χ0n) is 13.2. The zero-order chi connectivity index (χ0) is 17.3. The molecule has 1 saturated heterocycles. The molecule has 3 rings (SSSR count). The number of quaternary nitrogens is 1. The molecule has 1 fully saturated rings. The first-order valence-corrected chi connectivity index (χ1v) is 7.67. The smallest absolute Gasteiger partial charge is 0.312 e. The summed E-state index contributed by atoms with van der Waals surface area (Å²) < 4.78 is 4.65. The number of carbonyl (C=O) groups excluding carboxylic acids is 4. The number of ether oxygens (including phenoxy) is 1. The summed E-state index contributed by atoms with van der Waals surface area (Å²) in [4.78, 5) is 50.2. The van der Waals surface area contributed by atoms with E-state index in [-0.39, 0.29) is 19.0 Å². The molecule has 2 amide bonds. The van der Waals surface area contributed by atoms with Crippen molar-refractivity contribution >= 4 is 29.3 Å². The molecule has 2 aliphatic heterocycles. The molecule has 8 heteroatoms. The second-order valence-electron chi connectivity index (χ2n) is 5.77. The Morgan fingerprint density at radius 1 is 1.33 bits per heavy atom. The molecule has 0 saturated carbocycles. The first-order chi connectivity index (χ1) is 11.5. The summed E-state index contributed by atoms with van der Waals surface area (Å²) in [6.45, 7) is 1.15. The lowest BCUT2D eigenvalue weighted by Crippen LogP contribution is -3.20. The van der Waals surface area contributed by atoms with Crippen LogP contribution in [0.4, 0.5) is 5.69 Å². The first kappa shape index (κ1) is 16.1. The van der Waals surface area contributed by atoms with Crippen molar-refractivity contribution in [2.75, 3.05) is 31.8 Å². The number of fused-ring (bicyclic) bond motifs is 1. The summed E-state index contributed by atoms with van der Waals surface area (Å²) in [5.74, 6) is -1.89. The van der Waals surface area contributed by atoms with E-state index in [1.807, 2.05) is 0 Å². The van der Waals surface area contributed by atoms with Gasteiger partial charge in [-0.15, -0.1) is 0 Å². The summed E-state index contributed by atoms with van der Waals surface area (Å²) in [5, 5.41) is 2.72. The van der Waals surface area contributed by atoms with Gasteiger partial charge in [0.25, 0.3) is 11.7 Å². The number of ketones is 1. The van der Waals surface area contributed by atoms with Gasteiger partial charge in [-0.25, -0.2) is 0 Å². The number of Topliss-reactive ketones (excluding diaryl/α,β-unsaturated/α-hetero) is 1. The van der Waals surface area contributed by atoms with Crippen molar-refractivity contribution in [1.82, 2.24) is 5.32 Å². The van der Waals surface area contributed by atoms with E-state index in [1.165, 1.54) is 12.0 Å². The van der Waals surface area contributed by atoms with E-state index < -0.39 is 23.7 Å². The van der Waals surface area contributed by atoms with Gasteiger partial charge in [0.1, 0.15) is 6.42 Å². The Morgan fingerprint density at radius 3 is 2.83 bits per heavy atom. The maximum Gasteiger partial charge on any atom is 0.312 e. The third-order valence-electron chi connectivity index (χ3n) is 4.39. The minimum absolute atomic E-state index is 0.0741. The van der Waals surface area contributed by atoms with Crippen LogP contribution in [0.2, 0.25) is 0 Å². The van der Waals surface area contributed by atoms with Crippen LogP contribution in [-0.4, -0.2) is 56.5 Å². The van der Waals surface area contributed by atoms with Crippen molar-refractivity contribution in [3.8, 4) is 0 Å². The van der Waals surface area contributed by atoms with Crippen molar-refractivity contribution in [3.63, 3.8) is 0 Å². The Labute approximate surface area is 138 Å². The first-order valence-electron chi connectivity index (χ1n) is 7.67. The van der Waals surface area contributed by atoms with E-state index in [0.717, 1.165) is 4.90 Å². The van der Waals surface area contributed by atoms with Crippen molar-refractivity contribution in [2.24, 2.45) is 0 Å². The molecular formula is C16H18N3O5+. The minimum Gasteiger partial charge on any atom is -0.469 e. The molecule has 1 unspecified atom stereocenters. The predicted octanol–water partition coefficient (Wildman–Crippen LogP) is -1.88. The van der Waals surface area contributed by atoms with E-state index in [4.69, 9.17) is 0 Å². The average Bonchev–Trinajstić information content (AvgIpc) is 2.83. The van der Waals surface area contributed by atoms with E-state index in [0.29, 0.717) is 24.3 Å². The van der Waals surface area contributed by atoms with E-state index in [1.54, 1.807) is 24.3 Å². The van der Waals surface area contributed by atoms with Gasteiger partial charge in [0, 0.05) is 0 Å². The van der Waals surface area contributed by atoms with Crippen LogP contribution in [0.25, 0.3) is 0 Å². The van der Waals surface area contributed by atoms with E-state index >= 15 is 0 Å². The lowest BCUT2D eigenvalue weighted by molar-refractivity contribution is -0.916. The quantitative estimate of drug-likeness (QED) is 0.497. The fraction of sp³-hybridized carbons (Fsp3) is 0.375. The molecule has 1 aromatic rings. The molecule has 0 aromatic heterocycles. The molecule has 0 spiro atoms. The second kappa shape index (κ2) is 6.40. The fourth-order valence-electron chi connectivity index (χ4n) is 3.11. The van der Waals surface area contributed by atoms with E-state index in [9.17, 15) is 19.2 Å². The molecular weight excluding hydrogens is 314 g/mol. The number of esters is 1. The van der Waals surface area contributed by atoms with Gasteiger partial charge in [-0.05, 0) is 12.1 Å². The number of methoxy groups -OCH3 is 1. The van der Waals surface area contributed by atoms with Crippen molar-refractivity contribution < 1.29 is 28.8 Å². The predicted molar refractivity (Wildman–Crippen MR) is 82.4 cm³/mol. The summed E-state index contributed by atoms with van der Waals surface area (Å²) in [6, 6.07) is 6.12. The van der Waals surface area contributed by atoms with Crippen LogP contribution in [0, 0.1) is 0 Å². The van der Waals surface area contributed by atoms with Crippen LogP contribution in [0.1, 0.15) is 16.8 Å². The SMILES string of the molecule is COC(=O)C[C@@H]1C(=O)NCC[NH+]1CN1C(=O)C(=O)c2ccccc21. The minimum atomic E-state index is -0.651. The number of benzene rings is 1. The summed E-state index contributed by atoms with van der Waals surface area (Å²) in [7, 11) is 1.27. The monoisotopic (exact) mass is 332 g/mol. The Kier molecular flexibility index (Phi) is 4.30. The second-order valence-corrected chi connectivity index (χ2v) is 5.77. The number of para-hydroxylation sites is 1. The number of nitrogens with zero attached hydrogens (tertiary/aromatic N) is 1. The normalized spacial score (nSPS) is 23.0. The Bertz CT molecular complexity index is 717. The van der Waals surface area contributed by atoms with Gasteiger partial charge in [-0.1, -0.05) is 12.1 Å². The van der Waals surface area contributed by atoms with Gasteiger partial charge in [0.2, 0.25) is 0 Å². The van der Waals surface area contributed by atoms with Gasteiger partial charge >= 0.3 is 11.9 Å². The Balaban J connectivity index is 1.83. The summed E-state index contributed by atoms with van der Waals surface area (Å²) >= 11 is 0. The number of amides is 2. The van der Waals surface area contributed by atoms with E-state index in [2.05, 4.69) is 10.1 Å². The number of anilines is 1. The van der Waals surface area contributed by atoms with Gasteiger partial charge in [0.15, 0.2) is 12.7 Å². The molecule has 2 atom stereocenters. The summed E-state index contributed by atoms with van der Waals surface area (Å²) in [5.41, 5.74) is 0.913. The van der Waals surface area contributed by atoms with Crippen LogP contribution in [-0.2, 0) is 19.1 Å². The van der Waals surface area contributed by atoms with Gasteiger partial charge < -0.3 is 15.0 Å². The number of nitrogens with one attached hydrogen (secondary N) is 2. The molecule has 1 aromatic carbocycles. The zero-order valence-corrected chi connectivity index (χ0v) is 13.2. The molecule has 0 radical (unpaired) electrons. The topological polar surface area (TPSA) is 97.2 Å².